The Kier molecular flexibility index (Phi) is 6.92. The molecular weight excluding hydrogens is 611 g/mol. The van der Waals surface area contributed by atoms with E-state index in [2.05, 4.69) is 171 Å². The minimum atomic E-state index is -1.88. The summed E-state index contributed by atoms with van der Waals surface area (Å²) in [6.07, 6.45) is 0. The molecule has 0 radical (unpaired) electrons. The van der Waals surface area contributed by atoms with Crippen molar-refractivity contribution in [2.45, 2.75) is 13.1 Å². The molecule has 0 aliphatic carbocycles. The van der Waals surface area contributed by atoms with Gasteiger partial charge in [0.25, 0.3) is 0 Å². The van der Waals surface area contributed by atoms with E-state index in [-0.39, 0.29) is 0 Å². The van der Waals surface area contributed by atoms with Crippen LogP contribution in [0.2, 0.25) is 13.1 Å². The van der Waals surface area contributed by atoms with E-state index in [1.807, 2.05) is 6.07 Å². The SMILES string of the molecule is C[Si]1(C)c2ccccc2-c2ccc(-c3nc(-c4ccc(-c5cccc6ccccc56)cc4)nc(-c4ccccc4-c4ccccc4)n3)cc21. The van der Waals surface area contributed by atoms with E-state index >= 15 is 0 Å². The van der Waals surface area contributed by atoms with Crippen LogP contribution in [-0.2, 0) is 0 Å². The van der Waals surface area contributed by atoms with Crippen molar-refractivity contribution in [1.29, 1.82) is 0 Å². The second kappa shape index (κ2) is 11.6. The Bertz CT molecular complexity index is 2510. The van der Waals surface area contributed by atoms with Gasteiger partial charge in [0.15, 0.2) is 17.5 Å². The Morgan fingerprint density at radius 2 is 0.878 bits per heavy atom. The molecule has 1 aliphatic heterocycles. The predicted molar refractivity (Wildman–Crippen MR) is 207 cm³/mol. The zero-order valence-corrected chi connectivity index (χ0v) is 28.4. The molecule has 1 aliphatic rings. The molecule has 3 nitrogen and oxygen atoms in total. The lowest BCUT2D eigenvalue weighted by Gasteiger charge is -2.19. The maximum Gasteiger partial charge on any atom is 0.164 e. The fraction of sp³-hybridized carbons (Fsp3) is 0.0444. The van der Waals surface area contributed by atoms with Crippen molar-refractivity contribution >= 4 is 29.2 Å². The van der Waals surface area contributed by atoms with Gasteiger partial charge in [-0.2, -0.15) is 0 Å². The third-order valence-corrected chi connectivity index (χ3v) is 13.5. The lowest BCUT2D eigenvalue weighted by atomic mass is 9.97. The van der Waals surface area contributed by atoms with Crippen molar-refractivity contribution < 1.29 is 0 Å². The number of nitrogens with zero attached hydrogens (tertiary/aromatic N) is 3. The predicted octanol–water partition coefficient (Wildman–Crippen LogP) is 10.2. The molecule has 1 aromatic heterocycles. The summed E-state index contributed by atoms with van der Waals surface area (Å²) in [5.41, 5.74) is 10.2. The number of benzene rings is 7. The maximum atomic E-state index is 5.20. The van der Waals surface area contributed by atoms with Crippen molar-refractivity contribution in [3.05, 3.63) is 164 Å². The minimum Gasteiger partial charge on any atom is -0.208 e. The van der Waals surface area contributed by atoms with E-state index in [1.54, 1.807) is 0 Å². The highest BCUT2D eigenvalue weighted by Crippen LogP contribution is 2.35. The summed E-state index contributed by atoms with van der Waals surface area (Å²) >= 11 is 0. The standard InChI is InChI=1S/C45H33N3Si/c1-49(2)41-22-11-10-19-38(41)39-28-27-34(29-42(39)49)44-46-43(47-45(48-44)40-20-9-8-18-37(40)30-13-4-3-5-14-30)33-25-23-32(24-26-33)36-21-12-16-31-15-6-7-17-35(31)36/h3-29H,1-2H3. The Labute approximate surface area is 287 Å². The van der Waals surface area contributed by atoms with Crippen LogP contribution < -0.4 is 10.4 Å². The molecule has 232 valence electrons. The van der Waals surface area contributed by atoms with E-state index in [1.165, 1.54) is 37.8 Å². The third-order valence-electron chi connectivity index (χ3n) is 9.97. The molecule has 0 saturated heterocycles. The summed E-state index contributed by atoms with van der Waals surface area (Å²) in [5, 5.41) is 5.39. The summed E-state index contributed by atoms with van der Waals surface area (Å²) in [5.74, 6) is 2.01. The zero-order chi connectivity index (χ0) is 33.0. The lowest BCUT2D eigenvalue weighted by molar-refractivity contribution is 1.07. The van der Waals surface area contributed by atoms with Gasteiger partial charge < -0.3 is 0 Å². The fourth-order valence-corrected chi connectivity index (χ4v) is 10.5. The van der Waals surface area contributed by atoms with Crippen molar-refractivity contribution in [2.75, 3.05) is 0 Å². The van der Waals surface area contributed by atoms with Crippen molar-refractivity contribution in [3.8, 4) is 67.5 Å². The highest BCUT2D eigenvalue weighted by molar-refractivity contribution is 7.03. The van der Waals surface area contributed by atoms with Crippen molar-refractivity contribution in [2.24, 2.45) is 0 Å². The monoisotopic (exact) mass is 643 g/mol. The first-order valence-corrected chi connectivity index (χ1v) is 19.8. The molecule has 2 heterocycles. The van der Waals surface area contributed by atoms with Crippen LogP contribution in [0, 0.1) is 0 Å². The summed E-state index contributed by atoms with van der Waals surface area (Å²) in [6.45, 7) is 4.89. The average Bonchev–Trinajstić information content (AvgIpc) is 3.40. The molecule has 49 heavy (non-hydrogen) atoms. The molecule has 0 spiro atoms. The van der Waals surface area contributed by atoms with E-state index in [0.29, 0.717) is 17.5 Å². The molecule has 9 rings (SSSR count). The Morgan fingerprint density at radius 3 is 1.69 bits per heavy atom. The molecule has 0 fully saturated rings. The quantitative estimate of drug-likeness (QED) is 0.175. The number of hydrogen-bond donors (Lipinski definition) is 0. The van der Waals surface area contributed by atoms with Gasteiger partial charge in [0, 0.05) is 16.7 Å². The van der Waals surface area contributed by atoms with E-state index in [9.17, 15) is 0 Å². The molecule has 0 amide bonds. The number of aromatic nitrogens is 3. The summed E-state index contributed by atoms with van der Waals surface area (Å²) in [7, 11) is -1.88. The zero-order valence-electron chi connectivity index (χ0n) is 27.4. The van der Waals surface area contributed by atoms with Crippen LogP contribution in [0.25, 0.3) is 78.3 Å². The summed E-state index contributed by atoms with van der Waals surface area (Å²) in [4.78, 5) is 15.5. The highest BCUT2D eigenvalue weighted by Gasteiger charge is 2.37. The van der Waals surface area contributed by atoms with Gasteiger partial charge >= 0.3 is 0 Å². The first-order valence-electron chi connectivity index (χ1n) is 16.8. The summed E-state index contributed by atoms with van der Waals surface area (Å²) < 4.78 is 0. The molecule has 8 aromatic rings. The van der Waals surface area contributed by atoms with E-state index in [0.717, 1.165) is 33.4 Å². The van der Waals surface area contributed by atoms with Crippen LogP contribution >= 0.6 is 0 Å². The molecule has 7 aromatic carbocycles. The van der Waals surface area contributed by atoms with Crippen LogP contribution in [0.5, 0.6) is 0 Å². The Morgan fingerprint density at radius 1 is 0.347 bits per heavy atom. The number of rotatable bonds is 5. The van der Waals surface area contributed by atoms with Crippen LogP contribution in [0.3, 0.4) is 0 Å². The van der Waals surface area contributed by atoms with Crippen molar-refractivity contribution in [1.82, 2.24) is 15.0 Å². The first-order chi connectivity index (χ1) is 24.0. The van der Waals surface area contributed by atoms with Gasteiger partial charge in [0.05, 0.1) is 0 Å². The maximum absolute atomic E-state index is 5.20. The van der Waals surface area contributed by atoms with Crippen LogP contribution in [0.15, 0.2) is 164 Å². The van der Waals surface area contributed by atoms with Gasteiger partial charge in [-0.25, -0.2) is 15.0 Å². The molecule has 0 N–H and O–H groups in total. The van der Waals surface area contributed by atoms with Gasteiger partial charge in [-0.05, 0) is 54.5 Å². The second-order valence-corrected chi connectivity index (χ2v) is 17.6. The van der Waals surface area contributed by atoms with Crippen molar-refractivity contribution in [3.63, 3.8) is 0 Å². The van der Waals surface area contributed by atoms with Gasteiger partial charge in [-0.3, -0.25) is 0 Å². The Hall–Kier alpha value is -5.97. The first kappa shape index (κ1) is 29.2. The van der Waals surface area contributed by atoms with Gasteiger partial charge in [0.1, 0.15) is 8.07 Å². The average molecular weight is 644 g/mol. The van der Waals surface area contributed by atoms with E-state index in [4.69, 9.17) is 15.0 Å². The smallest absolute Gasteiger partial charge is 0.164 e. The number of fused-ring (bicyclic) bond motifs is 4. The molecule has 0 unspecified atom stereocenters. The van der Waals surface area contributed by atoms with Crippen LogP contribution in [0.4, 0.5) is 0 Å². The van der Waals surface area contributed by atoms with E-state index < -0.39 is 8.07 Å². The molecule has 0 bridgehead atoms. The second-order valence-electron chi connectivity index (χ2n) is 13.3. The van der Waals surface area contributed by atoms with Gasteiger partial charge in [0.2, 0.25) is 0 Å². The lowest BCUT2D eigenvalue weighted by Crippen LogP contribution is -2.49. The molecular formula is C45H33N3Si. The normalized spacial score (nSPS) is 12.9. The number of hydrogen-bond acceptors (Lipinski definition) is 3. The molecule has 0 atom stereocenters. The molecule has 0 saturated carbocycles. The topological polar surface area (TPSA) is 38.7 Å². The van der Waals surface area contributed by atoms with Crippen LogP contribution in [0.1, 0.15) is 0 Å². The largest absolute Gasteiger partial charge is 0.208 e. The molecule has 4 heteroatoms. The highest BCUT2D eigenvalue weighted by atomic mass is 28.3. The fourth-order valence-electron chi connectivity index (χ4n) is 7.42. The summed E-state index contributed by atoms with van der Waals surface area (Å²) in [6, 6.07) is 58.2. The van der Waals surface area contributed by atoms with Crippen LogP contribution in [-0.4, -0.2) is 23.0 Å². The third kappa shape index (κ3) is 5.00. The Balaban J connectivity index is 1.20. The van der Waals surface area contributed by atoms with Gasteiger partial charge in [-0.15, -0.1) is 0 Å². The minimum absolute atomic E-state index is 0.660. The van der Waals surface area contributed by atoms with Gasteiger partial charge in [-0.1, -0.05) is 177 Å².